The van der Waals surface area contributed by atoms with E-state index in [1.54, 1.807) is 11.8 Å². The van der Waals surface area contributed by atoms with Crippen LogP contribution in [0.25, 0.3) is 0 Å². The summed E-state index contributed by atoms with van der Waals surface area (Å²) in [7, 11) is 0. The first-order chi connectivity index (χ1) is 4.41. The number of nitriles is 1. The Bertz CT molecular complexity index is 117. The molecule has 3 heteroatoms. The molecule has 0 amide bonds. The third kappa shape index (κ3) is 7.87. The number of nitrogens with zero attached hydrogens (tertiary/aromatic N) is 1. The second-order valence-electron chi connectivity index (χ2n) is 1.34. The van der Waals surface area contributed by atoms with Crippen molar-refractivity contribution in [1.29, 1.82) is 5.26 Å². The maximum atomic E-state index is 8.12. The molecule has 0 heterocycles. The van der Waals surface area contributed by atoms with Gasteiger partial charge in [0.2, 0.25) is 0 Å². The van der Waals surface area contributed by atoms with Crippen LogP contribution in [0.4, 0.5) is 0 Å². The topological polar surface area (TPSA) is 23.8 Å². The predicted octanol–water partition coefficient (Wildman–Crippen LogP) is 2.39. The minimum atomic E-state index is 0.626. The first-order valence-electron chi connectivity index (χ1n) is 2.61. The van der Waals surface area contributed by atoms with Gasteiger partial charge in [-0.1, -0.05) is 17.7 Å². The van der Waals surface area contributed by atoms with Gasteiger partial charge >= 0.3 is 0 Å². The van der Waals surface area contributed by atoms with Crippen molar-refractivity contribution >= 4 is 23.4 Å². The molecular formula is C6H8ClNS. The Morgan fingerprint density at radius 3 is 3.00 bits per heavy atom. The first kappa shape index (κ1) is 8.87. The van der Waals surface area contributed by atoms with Gasteiger partial charge in [0.1, 0.15) is 0 Å². The van der Waals surface area contributed by atoms with Crippen molar-refractivity contribution < 1.29 is 0 Å². The molecule has 0 saturated heterocycles. The molecule has 0 aromatic heterocycles. The molecule has 0 atom stereocenters. The summed E-state index contributed by atoms with van der Waals surface area (Å²) < 4.78 is 0. The fourth-order valence-corrected chi connectivity index (χ4v) is 1.13. The monoisotopic (exact) mass is 161 g/mol. The van der Waals surface area contributed by atoms with Gasteiger partial charge in [-0.3, -0.25) is 0 Å². The lowest BCUT2D eigenvalue weighted by atomic mass is 10.6. The molecule has 0 aromatic carbocycles. The summed E-state index contributed by atoms with van der Waals surface area (Å²) in [4.78, 5) is 0. The van der Waals surface area contributed by atoms with E-state index in [-0.39, 0.29) is 0 Å². The smallest absolute Gasteiger partial charge is 0.0630 e. The van der Waals surface area contributed by atoms with E-state index >= 15 is 0 Å². The zero-order chi connectivity index (χ0) is 6.95. The lowest BCUT2D eigenvalue weighted by Gasteiger charge is -1.87. The van der Waals surface area contributed by atoms with Crippen molar-refractivity contribution in [1.82, 2.24) is 0 Å². The Balaban J connectivity index is 2.85. The molecule has 0 N–H and O–H groups in total. The maximum Gasteiger partial charge on any atom is 0.0630 e. The van der Waals surface area contributed by atoms with E-state index < -0.39 is 0 Å². The molecule has 0 bridgehead atoms. The average Bonchev–Trinajstić information content (AvgIpc) is 1.89. The average molecular weight is 162 g/mol. The van der Waals surface area contributed by atoms with Gasteiger partial charge in [-0.2, -0.15) is 17.0 Å². The van der Waals surface area contributed by atoms with E-state index in [4.69, 9.17) is 16.9 Å². The molecule has 50 valence electrons. The number of hydrogen-bond acceptors (Lipinski definition) is 2. The van der Waals surface area contributed by atoms with Crippen molar-refractivity contribution in [2.75, 3.05) is 11.5 Å². The summed E-state index contributed by atoms with van der Waals surface area (Å²) in [5.41, 5.74) is 1.50. The fourth-order valence-electron chi connectivity index (χ4n) is 0.306. The van der Waals surface area contributed by atoms with Gasteiger partial charge in [-0.05, 0) is 0 Å². The number of rotatable bonds is 4. The van der Waals surface area contributed by atoms with Crippen LogP contribution in [0.1, 0.15) is 6.42 Å². The highest BCUT2D eigenvalue weighted by Gasteiger charge is 1.82. The molecular weight excluding hydrogens is 154 g/mol. The molecule has 9 heavy (non-hydrogen) atoms. The van der Waals surface area contributed by atoms with Crippen LogP contribution < -0.4 is 0 Å². The van der Waals surface area contributed by atoms with Crippen LogP contribution in [0.2, 0.25) is 0 Å². The van der Waals surface area contributed by atoms with Crippen molar-refractivity contribution in [3.05, 3.63) is 11.6 Å². The van der Waals surface area contributed by atoms with Gasteiger partial charge < -0.3 is 0 Å². The summed E-state index contributed by atoms with van der Waals surface area (Å²) in [6, 6.07) is 2.07. The van der Waals surface area contributed by atoms with Crippen LogP contribution in [-0.4, -0.2) is 11.5 Å². The van der Waals surface area contributed by atoms with Crippen LogP contribution in [0, 0.1) is 11.3 Å². The van der Waals surface area contributed by atoms with E-state index in [0.717, 1.165) is 11.5 Å². The van der Waals surface area contributed by atoms with Gasteiger partial charge in [-0.15, -0.1) is 0 Å². The van der Waals surface area contributed by atoms with Gasteiger partial charge in [0.15, 0.2) is 0 Å². The quantitative estimate of drug-likeness (QED) is 0.592. The molecule has 0 unspecified atom stereocenters. The summed E-state index contributed by atoms with van der Waals surface area (Å²) in [6.07, 6.45) is 2.49. The largest absolute Gasteiger partial charge is 0.198 e. The number of thioether (sulfide) groups is 1. The van der Waals surface area contributed by atoms with Crippen molar-refractivity contribution in [2.45, 2.75) is 6.42 Å². The first-order valence-corrected chi connectivity index (χ1v) is 4.21. The van der Waals surface area contributed by atoms with E-state index in [0.29, 0.717) is 6.42 Å². The molecule has 0 radical (unpaired) electrons. The second-order valence-corrected chi connectivity index (χ2v) is 2.75. The van der Waals surface area contributed by atoms with Crippen molar-refractivity contribution in [3.8, 4) is 6.07 Å². The zero-order valence-electron chi connectivity index (χ0n) is 5.01. The lowest BCUT2D eigenvalue weighted by Crippen LogP contribution is -1.75. The van der Waals surface area contributed by atoms with E-state index in [1.165, 1.54) is 5.54 Å². The fraction of sp³-hybridized carbons (Fsp3) is 0.500. The van der Waals surface area contributed by atoms with Crippen molar-refractivity contribution in [2.24, 2.45) is 0 Å². The molecule has 0 aliphatic heterocycles. The van der Waals surface area contributed by atoms with E-state index in [9.17, 15) is 0 Å². The normalized spacial score (nSPS) is 9.78. The summed E-state index contributed by atoms with van der Waals surface area (Å²) in [5, 5.41) is 8.12. The van der Waals surface area contributed by atoms with Crippen LogP contribution in [0.15, 0.2) is 11.6 Å². The highest BCUT2D eigenvalue weighted by atomic mass is 35.5. The minimum absolute atomic E-state index is 0.626. The minimum Gasteiger partial charge on any atom is -0.198 e. The number of hydrogen-bond donors (Lipinski definition) is 0. The van der Waals surface area contributed by atoms with Gasteiger partial charge in [0, 0.05) is 23.5 Å². The van der Waals surface area contributed by atoms with Crippen molar-refractivity contribution in [3.63, 3.8) is 0 Å². The summed E-state index contributed by atoms with van der Waals surface area (Å²) >= 11 is 6.96. The molecule has 0 aromatic rings. The Kier molecular flexibility index (Phi) is 7.76. The molecule has 0 rings (SSSR count). The molecule has 0 spiro atoms. The Morgan fingerprint density at radius 2 is 2.44 bits per heavy atom. The van der Waals surface area contributed by atoms with Gasteiger partial charge in [0.05, 0.1) is 6.07 Å². The SMILES string of the molecule is N#CCCSC/C=C/Cl. The standard InChI is InChI=1S/C6H8ClNS/c7-3-1-5-9-6-2-4-8/h1,3H,2,5-6H2/b3-1+. The van der Waals surface area contributed by atoms with Crippen LogP contribution in [0.5, 0.6) is 0 Å². The third-order valence-corrected chi connectivity index (χ3v) is 1.76. The molecule has 0 fully saturated rings. The summed E-state index contributed by atoms with van der Waals surface area (Å²) in [5.74, 6) is 1.81. The Morgan fingerprint density at radius 1 is 1.67 bits per heavy atom. The van der Waals surface area contributed by atoms with Crippen LogP contribution in [-0.2, 0) is 0 Å². The van der Waals surface area contributed by atoms with Gasteiger partial charge in [-0.25, -0.2) is 0 Å². The Hall–Kier alpha value is -0.130. The molecule has 0 aliphatic rings. The molecule has 1 nitrogen and oxygen atoms in total. The molecule has 0 saturated carbocycles. The van der Waals surface area contributed by atoms with Crippen LogP contribution in [0.3, 0.4) is 0 Å². The van der Waals surface area contributed by atoms with Crippen LogP contribution >= 0.6 is 23.4 Å². The highest BCUT2D eigenvalue weighted by molar-refractivity contribution is 7.99. The highest BCUT2D eigenvalue weighted by Crippen LogP contribution is 2.01. The predicted molar refractivity (Wildman–Crippen MR) is 42.5 cm³/mol. The maximum absolute atomic E-state index is 8.12. The zero-order valence-corrected chi connectivity index (χ0v) is 6.58. The Labute approximate surface area is 64.7 Å². The number of halogens is 1. The lowest BCUT2D eigenvalue weighted by molar-refractivity contribution is 1.24. The third-order valence-electron chi connectivity index (χ3n) is 0.661. The molecule has 0 aliphatic carbocycles. The van der Waals surface area contributed by atoms with E-state index in [2.05, 4.69) is 6.07 Å². The summed E-state index contributed by atoms with van der Waals surface area (Å²) in [6.45, 7) is 0. The van der Waals surface area contributed by atoms with Gasteiger partial charge in [0.25, 0.3) is 0 Å². The second kappa shape index (κ2) is 7.87. The van der Waals surface area contributed by atoms with E-state index in [1.807, 2.05) is 6.08 Å².